The second-order valence-electron chi connectivity index (χ2n) is 2.89. The van der Waals surface area contributed by atoms with Crippen LogP contribution >= 0.6 is 11.8 Å². The summed E-state index contributed by atoms with van der Waals surface area (Å²) in [6.45, 7) is 1.83. The van der Waals surface area contributed by atoms with Crippen molar-refractivity contribution in [2.75, 3.05) is 12.0 Å². The first-order valence-electron chi connectivity index (χ1n) is 4.49. The van der Waals surface area contributed by atoms with Crippen LogP contribution in [0.1, 0.15) is 12.6 Å². The summed E-state index contributed by atoms with van der Waals surface area (Å²) in [5.41, 5.74) is -0.890. The fourth-order valence-electron chi connectivity index (χ4n) is 0.697. The number of rotatable bonds is 2. The molecule has 0 amide bonds. The first-order valence-corrected chi connectivity index (χ1v) is 7.33. The van der Waals surface area contributed by atoms with E-state index in [9.17, 15) is 21.6 Å². The van der Waals surface area contributed by atoms with Crippen LogP contribution in [0.2, 0.25) is 0 Å². The Labute approximate surface area is 107 Å². The molecule has 5 nitrogen and oxygen atoms in total. The van der Waals surface area contributed by atoms with Crippen molar-refractivity contribution >= 4 is 21.9 Å². The molecule has 0 atom stereocenters. The Morgan fingerprint density at radius 3 is 2.33 bits per heavy atom. The van der Waals surface area contributed by atoms with Crippen molar-refractivity contribution in [3.8, 4) is 0 Å². The van der Waals surface area contributed by atoms with Crippen LogP contribution in [0.3, 0.4) is 0 Å². The van der Waals surface area contributed by atoms with Crippen molar-refractivity contribution in [2.24, 2.45) is 0 Å². The normalized spacial score (nSPS) is 11.7. The number of halogens is 3. The summed E-state index contributed by atoms with van der Waals surface area (Å²) in [6, 6.07) is 0.861. The van der Waals surface area contributed by atoms with E-state index in [1.165, 1.54) is 11.8 Å². The molecule has 1 N–H and O–H groups in total. The molecule has 0 saturated carbocycles. The fourth-order valence-corrected chi connectivity index (χ4v) is 1.25. The number of aromatic nitrogens is 2. The van der Waals surface area contributed by atoms with Gasteiger partial charge in [0.1, 0.15) is 5.69 Å². The van der Waals surface area contributed by atoms with Crippen LogP contribution in [0.25, 0.3) is 0 Å². The van der Waals surface area contributed by atoms with Crippen LogP contribution in [0, 0.1) is 0 Å². The molecule has 0 fully saturated rings. The van der Waals surface area contributed by atoms with E-state index in [1.807, 2.05) is 6.92 Å². The first-order chi connectivity index (χ1) is 8.04. The van der Waals surface area contributed by atoms with Gasteiger partial charge in [-0.15, -0.1) is 0 Å². The highest BCUT2D eigenvalue weighted by molar-refractivity contribution is 7.99. The molecule has 0 saturated heterocycles. The average molecular weight is 304 g/mol. The molecule has 0 spiro atoms. The predicted octanol–water partition coefficient (Wildman–Crippen LogP) is 2.11. The Kier molecular flexibility index (Phi) is 6.57. The minimum absolute atomic E-state index is 0.164. The maximum absolute atomic E-state index is 12.1. The number of thioether (sulfide) groups is 1. The van der Waals surface area contributed by atoms with Crippen molar-refractivity contribution in [1.82, 2.24) is 9.97 Å². The molecule has 0 bridgehead atoms. The zero-order valence-electron chi connectivity index (χ0n) is 9.47. The molecule has 1 aromatic rings. The lowest BCUT2D eigenvalue weighted by atomic mass is 10.4. The third-order valence-corrected chi connectivity index (χ3v) is 1.94. The van der Waals surface area contributed by atoms with Gasteiger partial charge in [-0.05, 0) is 11.8 Å². The van der Waals surface area contributed by atoms with Crippen LogP contribution < -0.4 is 0 Å². The van der Waals surface area contributed by atoms with E-state index < -0.39 is 22.0 Å². The van der Waals surface area contributed by atoms with Gasteiger partial charge in [0.2, 0.25) is 0 Å². The van der Waals surface area contributed by atoms with E-state index in [0.29, 0.717) is 12.0 Å². The number of hydrogen-bond acceptors (Lipinski definition) is 5. The van der Waals surface area contributed by atoms with Gasteiger partial charge in [0, 0.05) is 6.20 Å². The molecule has 0 unspecified atom stereocenters. The third kappa shape index (κ3) is 9.19. The van der Waals surface area contributed by atoms with E-state index in [-0.39, 0.29) is 5.16 Å². The van der Waals surface area contributed by atoms with Gasteiger partial charge in [-0.3, -0.25) is 4.55 Å². The summed E-state index contributed by atoms with van der Waals surface area (Å²) < 4.78 is 62.2. The molecule has 0 aliphatic rings. The van der Waals surface area contributed by atoms with E-state index in [2.05, 4.69) is 9.97 Å². The molecular weight excluding hydrogens is 293 g/mol. The van der Waals surface area contributed by atoms with Crippen molar-refractivity contribution in [2.45, 2.75) is 18.3 Å². The molecular formula is C8H11F3N2O3S2. The fraction of sp³-hybridized carbons (Fsp3) is 0.500. The Morgan fingerprint density at radius 1 is 1.44 bits per heavy atom. The van der Waals surface area contributed by atoms with Gasteiger partial charge in [-0.1, -0.05) is 18.7 Å². The first kappa shape index (κ1) is 17.1. The summed E-state index contributed by atoms with van der Waals surface area (Å²) in [4.78, 5) is 7.06. The lowest BCUT2D eigenvalue weighted by Crippen LogP contribution is -2.08. The summed E-state index contributed by atoms with van der Waals surface area (Å²) in [5.74, 6) is 0.654. The lowest BCUT2D eigenvalue weighted by Gasteiger charge is -2.05. The zero-order valence-corrected chi connectivity index (χ0v) is 11.1. The Morgan fingerprint density at radius 2 is 1.94 bits per heavy atom. The van der Waals surface area contributed by atoms with E-state index in [0.717, 1.165) is 12.3 Å². The molecule has 0 aliphatic carbocycles. The molecule has 0 aliphatic heterocycles. The van der Waals surface area contributed by atoms with Gasteiger partial charge < -0.3 is 0 Å². The SMILES string of the molecule is CCSc1nccc(C(F)(F)F)n1.CS(=O)(=O)O. The van der Waals surface area contributed by atoms with Gasteiger partial charge in [-0.2, -0.15) is 21.6 Å². The Balaban J connectivity index is 0.000000494. The van der Waals surface area contributed by atoms with Gasteiger partial charge in [-0.25, -0.2) is 9.97 Å². The number of hydrogen-bond donors (Lipinski definition) is 1. The lowest BCUT2D eigenvalue weighted by molar-refractivity contribution is -0.141. The van der Waals surface area contributed by atoms with Gasteiger partial charge in [0.25, 0.3) is 10.1 Å². The minimum atomic E-state index is -4.38. The maximum Gasteiger partial charge on any atom is 0.433 e. The summed E-state index contributed by atoms with van der Waals surface area (Å²) in [7, 11) is -3.67. The molecule has 18 heavy (non-hydrogen) atoms. The largest absolute Gasteiger partial charge is 0.433 e. The van der Waals surface area contributed by atoms with E-state index in [1.54, 1.807) is 0 Å². The predicted molar refractivity (Wildman–Crippen MR) is 60.9 cm³/mol. The Hall–Kier alpha value is -0.870. The third-order valence-electron chi connectivity index (χ3n) is 1.20. The molecule has 1 heterocycles. The van der Waals surface area contributed by atoms with E-state index >= 15 is 0 Å². The van der Waals surface area contributed by atoms with Gasteiger partial charge in [0.15, 0.2) is 5.16 Å². The molecule has 1 aromatic heterocycles. The highest BCUT2D eigenvalue weighted by atomic mass is 32.2. The second-order valence-corrected chi connectivity index (χ2v) is 5.59. The van der Waals surface area contributed by atoms with Crippen LogP contribution in [-0.4, -0.2) is 34.9 Å². The van der Waals surface area contributed by atoms with Crippen molar-refractivity contribution in [1.29, 1.82) is 0 Å². The second kappa shape index (κ2) is 6.90. The van der Waals surface area contributed by atoms with Crippen LogP contribution in [-0.2, 0) is 16.3 Å². The monoisotopic (exact) mass is 304 g/mol. The summed E-state index contributed by atoms with van der Waals surface area (Å²) in [6.07, 6.45) is -2.55. The smallest absolute Gasteiger partial charge is 0.286 e. The van der Waals surface area contributed by atoms with E-state index in [4.69, 9.17) is 4.55 Å². The minimum Gasteiger partial charge on any atom is -0.286 e. The summed E-state index contributed by atoms with van der Waals surface area (Å²) in [5, 5.41) is 0.164. The molecule has 10 heteroatoms. The number of alkyl halides is 3. The summed E-state index contributed by atoms with van der Waals surface area (Å²) >= 11 is 1.18. The van der Waals surface area contributed by atoms with Crippen molar-refractivity contribution < 1.29 is 26.1 Å². The zero-order chi connectivity index (χ0) is 14.4. The van der Waals surface area contributed by atoms with Gasteiger partial charge >= 0.3 is 6.18 Å². The van der Waals surface area contributed by atoms with Gasteiger partial charge in [0.05, 0.1) is 6.26 Å². The molecule has 0 radical (unpaired) electrons. The molecule has 104 valence electrons. The average Bonchev–Trinajstić information content (AvgIpc) is 2.14. The number of nitrogens with zero attached hydrogens (tertiary/aromatic N) is 2. The molecule has 0 aromatic carbocycles. The maximum atomic E-state index is 12.1. The van der Waals surface area contributed by atoms with Crippen molar-refractivity contribution in [3.05, 3.63) is 18.0 Å². The molecule has 1 rings (SSSR count). The topological polar surface area (TPSA) is 80.2 Å². The Bertz CT molecular complexity index is 469. The van der Waals surface area contributed by atoms with Crippen LogP contribution in [0.5, 0.6) is 0 Å². The quantitative estimate of drug-likeness (QED) is 0.512. The highest BCUT2D eigenvalue weighted by Crippen LogP contribution is 2.28. The van der Waals surface area contributed by atoms with Crippen LogP contribution in [0.4, 0.5) is 13.2 Å². The highest BCUT2D eigenvalue weighted by Gasteiger charge is 2.32. The van der Waals surface area contributed by atoms with Crippen LogP contribution in [0.15, 0.2) is 17.4 Å². The van der Waals surface area contributed by atoms with Crippen molar-refractivity contribution in [3.63, 3.8) is 0 Å². The standard InChI is InChI=1S/C7H7F3N2S.CH4O3S/c1-2-13-6-11-4-3-5(12-6)7(8,9)10;1-5(2,3)4/h3-4H,2H2,1H3;1H3,(H,2,3,4).